The van der Waals surface area contributed by atoms with Crippen molar-refractivity contribution in [3.05, 3.63) is 21.3 Å². The van der Waals surface area contributed by atoms with E-state index in [-0.39, 0.29) is 0 Å². The zero-order chi connectivity index (χ0) is 12.4. The Morgan fingerprint density at radius 3 is 2.67 bits per heavy atom. The largest absolute Gasteiger partial charge is 0.313 e. The summed E-state index contributed by atoms with van der Waals surface area (Å²) in [6.07, 6.45) is 11.3. The van der Waals surface area contributed by atoms with Crippen LogP contribution in [0.4, 0.5) is 0 Å². The van der Waals surface area contributed by atoms with Crippen molar-refractivity contribution in [2.75, 3.05) is 6.54 Å². The summed E-state index contributed by atoms with van der Waals surface area (Å²) in [5, 5.41) is 3.80. The Morgan fingerprint density at radius 1 is 1.22 bits per heavy atom. The molecule has 2 saturated carbocycles. The fraction of sp³-hybridized carbons (Fsp3) is 0.733. The Labute approximate surface area is 119 Å². The van der Waals surface area contributed by atoms with E-state index < -0.39 is 0 Å². The standard InChI is InChI=1S/C15H22ClNS/c16-14-5-4-12(18-14)7-11-17-13-6-10-15(13)8-2-1-3-9-15/h4-5,13,17H,1-3,6-11H2. The van der Waals surface area contributed by atoms with E-state index in [9.17, 15) is 0 Å². The van der Waals surface area contributed by atoms with Crippen LogP contribution in [0.3, 0.4) is 0 Å². The van der Waals surface area contributed by atoms with Gasteiger partial charge >= 0.3 is 0 Å². The Balaban J connectivity index is 1.46. The number of halogens is 1. The minimum absolute atomic E-state index is 0.686. The summed E-state index contributed by atoms with van der Waals surface area (Å²) in [5.41, 5.74) is 0.686. The maximum absolute atomic E-state index is 5.96. The van der Waals surface area contributed by atoms with Crippen LogP contribution in [0.25, 0.3) is 0 Å². The van der Waals surface area contributed by atoms with Crippen LogP contribution >= 0.6 is 22.9 Å². The molecule has 1 atom stereocenters. The maximum Gasteiger partial charge on any atom is 0.0931 e. The Hall–Kier alpha value is -0.0500. The van der Waals surface area contributed by atoms with Gasteiger partial charge in [0.2, 0.25) is 0 Å². The fourth-order valence-corrected chi connectivity index (χ4v) is 4.81. The summed E-state index contributed by atoms with van der Waals surface area (Å²) in [6.45, 7) is 1.11. The molecule has 0 aliphatic heterocycles. The highest BCUT2D eigenvalue weighted by Gasteiger charge is 2.46. The van der Waals surface area contributed by atoms with E-state index in [0.717, 1.165) is 23.3 Å². The smallest absolute Gasteiger partial charge is 0.0931 e. The monoisotopic (exact) mass is 283 g/mol. The number of rotatable bonds is 4. The second-order valence-electron chi connectivity index (χ2n) is 5.92. The van der Waals surface area contributed by atoms with Crippen LogP contribution in [0.2, 0.25) is 4.34 Å². The summed E-state index contributed by atoms with van der Waals surface area (Å²) in [5.74, 6) is 0. The molecule has 1 nitrogen and oxygen atoms in total. The summed E-state index contributed by atoms with van der Waals surface area (Å²) in [4.78, 5) is 1.41. The van der Waals surface area contributed by atoms with Crippen molar-refractivity contribution in [2.24, 2.45) is 5.41 Å². The molecule has 2 aliphatic carbocycles. The van der Waals surface area contributed by atoms with Crippen molar-refractivity contribution in [1.29, 1.82) is 0 Å². The molecule has 1 aromatic rings. The second-order valence-corrected chi connectivity index (χ2v) is 7.72. The Bertz CT molecular complexity index is 395. The van der Waals surface area contributed by atoms with Crippen LogP contribution in [0.5, 0.6) is 0 Å². The number of hydrogen-bond acceptors (Lipinski definition) is 2. The lowest BCUT2D eigenvalue weighted by Gasteiger charge is -2.52. The lowest BCUT2D eigenvalue weighted by molar-refractivity contribution is 0.0236. The van der Waals surface area contributed by atoms with Gasteiger partial charge in [-0.2, -0.15) is 0 Å². The molecule has 1 heterocycles. The predicted octanol–water partition coefficient (Wildman–Crippen LogP) is 4.65. The van der Waals surface area contributed by atoms with Crippen LogP contribution in [-0.2, 0) is 6.42 Å². The summed E-state index contributed by atoms with van der Waals surface area (Å²) in [7, 11) is 0. The Morgan fingerprint density at radius 2 is 2.06 bits per heavy atom. The molecule has 0 saturated heterocycles. The van der Waals surface area contributed by atoms with Gasteiger partial charge in [-0.15, -0.1) is 11.3 Å². The zero-order valence-corrected chi connectivity index (χ0v) is 12.5. The molecule has 1 unspecified atom stereocenters. The minimum atomic E-state index is 0.686. The van der Waals surface area contributed by atoms with Gasteiger partial charge in [0.1, 0.15) is 0 Å². The number of nitrogens with one attached hydrogen (secondary N) is 1. The van der Waals surface area contributed by atoms with E-state index in [1.165, 1.54) is 49.8 Å². The molecule has 2 aliphatic rings. The van der Waals surface area contributed by atoms with E-state index >= 15 is 0 Å². The highest BCUT2D eigenvalue weighted by atomic mass is 35.5. The number of thiophene rings is 1. The van der Waals surface area contributed by atoms with Gasteiger partial charge in [-0.3, -0.25) is 0 Å². The normalized spacial score (nSPS) is 26.2. The van der Waals surface area contributed by atoms with Gasteiger partial charge in [-0.05, 0) is 49.7 Å². The van der Waals surface area contributed by atoms with Crippen molar-refractivity contribution in [3.8, 4) is 0 Å². The van der Waals surface area contributed by atoms with Crippen LogP contribution in [0.1, 0.15) is 49.8 Å². The topological polar surface area (TPSA) is 12.0 Å². The summed E-state index contributed by atoms with van der Waals surface area (Å²) < 4.78 is 0.914. The van der Waals surface area contributed by atoms with Gasteiger partial charge < -0.3 is 5.32 Å². The SMILES string of the molecule is Clc1ccc(CCNC2CCC23CCCCC3)s1. The summed E-state index contributed by atoms with van der Waals surface area (Å²) >= 11 is 7.67. The van der Waals surface area contributed by atoms with E-state index in [4.69, 9.17) is 11.6 Å². The molecule has 1 N–H and O–H groups in total. The molecule has 100 valence electrons. The molecule has 3 heteroatoms. The highest BCUT2D eigenvalue weighted by molar-refractivity contribution is 7.16. The second kappa shape index (κ2) is 5.52. The molecule has 1 spiro atoms. The van der Waals surface area contributed by atoms with E-state index in [1.807, 2.05) is 6.07 Å². The molecule has 0 radical (unpaired) electrons. The third-order valence-electron chi connectivity index (χ3n) is 4.91. The third kappa shape index (κ3) is 2.61. The first-order valence-corrected chi connectivity index (χ1v) is 8.46. The highest BCUT2D eigenvalue weighted by Crippen LogP contribution is 2.51. The molecule has 0 aromatic carbocycles. The quantitative estimate of drug-likeness (QED) is 0.848. The average molecular weight is 284 g/mol. The molecule has 3 rings (SSSR count). The van der Waals surface area contributed by atoms with Crippen molar-refractivity contribution in [1.82, 2.24) is 5.32 Å². The van der Waals surface area contributed by atoms with Crippen LogP contribution in [0, 0.1) is 5.41 Å². The van der Waals surface area contributed by atoms with Crippen molar-refractivity contribution in [2.45, 2.75) is 57.4 Å². The predicted molar refractivity (Wildman–Crippen MR) is 79.6 cm³/mol. The first-order chi connectivity index (χ1) is 8.78. The lowest BCUT2D eigenvalue weighted by Crippen LogP contribution is -2.54. The molecular formula is C15H22ClNS. The maximum atomic E-state index is 5.96. The van der Waals surface area contributed by atoms with Gasteiger partial charge in [0, 0.05) is 17.5 Å². The van der Waals surface area contributed by atoms with Crippen molar-refractivity contribution in [3.63, 3.8) is 0 Å². The van der Waals surface area contributed by atoms with Crippen LogP contribution in [0.15, 0.2) is 12.1 Å². The molecule has 18 heavy (non-hydrogen) atoms. The third-order valence-corrected chi connectivity index (χ3v) is 6.20. The van der Waals surface area contributed by atoms with E-state index in [2.05, 4.69) is 11.4 Å². The molecular weight excluding hydrogens is 262 g/mol. The van der Waals surface area contributed by atoms with Gasteiger partial charge in [-0.25, -0.2) is 0 Å². The lowest BCUT2D eigenvalue weighted by atomic mass is 9.57. The van der Waals surface area contributed by atoms with E-state index in [1.54, 1.807) is 11.3 Å². The molecule has 0 amide bonds. The average Bonchev–Trinajstić information content (AvgIpc) is 2.80. The van der Waals surface area contributed by atoms with Crippen LogP contribution < -0.4 is 5.32 Å². The Kier molecular flexibility index (Phi) is 3.97. The van der Waals surface area contributed by atoms with Crippen molar-refractivity contribution >= 4 is 22.9 Å². The first kappa shape index (κ1) is 13.0. The van der Waals surface area contributed by atoms with Gasteiger partial charge in [-0.1, -0.05) is 30.9 Å². The summed E-state index contributed by atoms with van der Waals surface area (Å²) in [6, 6.07) is 4.97. The fourth-order valence-electron chi connectivity index (χ4n) is 3.73. The van der Waals surface area contributed by atoms with Gasteiger partial charge in [0.15, 0.2) is 0 Å². The van der Waals surface area contributed by atoms with Crippen LogP contribution in [-0.4, -0.2) is 12.6 Å². The van der Waals surface area contributed by atoms with Gasteiger partial charge in [0.25, 0.3) is 0 Å². The first-order valence-electron chi connectivity index (χ1n) is 7.26. The minimum Gasteiger partial charge on any atom is -0.313 e. The number of hydrogen-bond donors (Lipinski definition) is 1. The van der Waals surface area contributed by atoms with Gasteiger partial charge in [0.05, 0.1) is 4.34 Å². The van der Waals surface area contributed by atoms with Crippen molar-refractivity contribution < 1.29 is 0 Å². The van der Waals surface area contributed by atoms with E-state index in [0.29, 0.717) is 5.41 Å². The molecule has 1 aromatic heterocycles. The molecule has 0 bridgehead atoms. The zero-order valence-electron chi connectivity index (χ0n) is 10.9. The molecule has 2 fully saturated rings.